The number of aliphatic hydroxyl groups excluding tert-OH is 1. The van der Waals surface area contributed by atoms with Crippen LogP contribution in [0, 0.1) is 6.92 Å². The van der Waals surface area contributed by atoms with Crippen molar-refractivity contribution in [2.75, 3.05) is 0 Å². The monoisotopic (exact) mass is 260 g/mol. The van der Waals surface area contributed by atoms with Crippen molar-refractivity contribution < 1.29 is 9.52 Å². The molecular formula is C15H20N2O2. The molecule has 4 nitrogen and oxygen atoms in total. The van der Waals surface area contributed by atoms with Crippen LogP contribution in [-0.2, 0) is 6.54 Å². The lowest BCUT2D eigenvalue weighted by atomic mass is 10.1. The fraction of sp³-hybridized carbons (Fsp3) is 0.400. The highest BCUT2D eigenvalue weighted by Gasteiger charge is 2.14. The maximum Gasteiger partial charge on any atom is 0.132 e. The molecule has 102 valence electrons. The zero-order valence-corrected chi connectivity index (χ0v) is 11.3. The van der Waals surface area contributed by atoms with E-state index in [1.54, 1.807) is 24.6 Å². The molecule has 0 aromatic carbocycles. The Bertz CT molecular complexity index is 497. The molecule has 0 amide bonds. The van der Waals surface area contributed by atoms with Crippen LogP contribution < -0.4 is 5.32 Å². The second-order valence-corrected chi connectivity index (χ2v) is 4.80. The quantitative estimate of drug-likeness (QED) is 0.838. The third-order valence-electron chi connectivity index (χ3n) is 3.21. The number of aryl methyl sites for hydroxylation is 1. The minimum atomic E-state index is -0.563. The van der Waals surface area contributed by atoms with Crippen molar-refractivity contribution >= 4 is 0 Å². The summed E-state index contributed by atoms with van der Waals surface area (Å²) in [4.78, 5) is 4.25. The van der Waals surface area contributed by atoms with Gasteiger partial charge in [-0.05, 0) is 44.0 Å². The van der Waals surface area contributed by atoms with E-state index >= 15 is 0 Å². The summed E-state index contributed by atoms with van der Waals surface area (Å²) >= 11 is 0. The first-order valence-electron chi connectivity index (χ1n) is 6.52. The summed E-state index contributed by atoms with van der Waals surface area (Å²) in [5.74, 6) is 0.617. The van der Waals surface area contributed by atoms with Gasteiger partial charge in [0, 0.05) is 24.5 Å². The second-order valence-electron chi connectivity index (χ2n) is 4.80. The molecule has 19 heavy (non-hydrogen) atoms. The van der Waals surface area contributed by atoms with Crippen LogP contribution >= 0.6 is 0 Å². The van der Waals surface area contributed by atoms with Crippen molar-refractivity contribution in [2.45, 2.75) is 39.0 Å². The zero-order chi connectivity index (χ0) is 13.7. The van der Waals surface area contributed by atoms with Gasteiger partial charge in [-0.3, -0.25) is 4.98 Å². The molecule has 2 aromatic rings. The first-order valence-corrected chi connectivity index (χ1v) is 6.52. The Morgan fingerprint density at radius 2 is 2.21 bits per heavy atom. The molecule has 2 rings (SSSR count). The van der Waals surface area contributed by atoms with Gasteiger partial charge in [0.2, 0.25) is 0 Å². The summed E-state index contributed by atoms with van der Waals surface area (Å²) in [5.41, 5.74) is 2.22. The molecule has 0 fully saturated rings. The number of aliphatic hydroxyl groups is 1. The molecule has 0 saturated heterocycles. The van der Waals surface area contributed by atoms with Crippen LogP contribution in [0.5, 0.6) is 0 Å². The molecule has 0 aliphatic rings. The summed E-state index contributed by atoms with van der Waals surface area (Å²) in [6.45, 7) is 4.81. The predicted octanol–water partition coefficient (Wildman–Crippen LogP) is 2.58. The van der Waals surface area contributed by atoms with Crippen LogP contribution in [-0.4, -0.2) is 16.1 Å². The van der Waals surface area contributed by atoms with Gasteiger partial charge < -0.3 is 14.8 Å². The largest absolute Gasteiger partial charge is 0.467 e. The molecule has 0 unspecified atom stereocenters. The first-order chi connectivity index (χ1) is 9.16. The van der Waals surface area contributed by atoms with Gasteiger partial charge >= 0.3 is 0 Å². The standard InChI is InChI=1S/C15H20N2O2/c1-11(9-14(18)15-6-4-8-19-15)17-10-13-5-3-7-16-12(13)2/h3-8,11,14,17-18H,9-10H2,1-2H3/t11-,14+/m0/s1. The predicted molar refractivity (Wildman–Crippen MR) is 73.6 cm³/mol. The van der Waals surface area contributed by atoms with Gasteiger partial charge in [0.1, 0.15) is 11.9 Å². The van der Waals surface area contributed by atoms with Crippen LogP contribution in [0.15, 0.2) is 41.1 Å². The Labute approximate surface area is 113 Å². The number of rotatable bonds is 6. The minimum Gasteiger partial charge on any atom is -0.467 e. The Morgan fingerprint density at radius 3 is 2.89 bits per heavy atom. The second kappa shape index (κ2) is 6.50. The van der Waals surface area contributed by atoms with E-state index in [0.717, 1.165) is 12.2 Å². The summed E-state index contributed by atoms with van der Waals surface area (Å²) in [6, 6.07) is 7.77. The minimum absolute atomic E-state index is 0.194. The number of nitrogens with zero attached hydrogens (tertiary/aromatic N) is 1. The molecule has 0 aliphatic heterocycles. The van der Waals surface area contributed by atoms with Gasteiger partial charge in [-0.1, -0.05) is 6.07 Å². The molecule has 4 heteroatoms. The molecule has 0 saturated carbocycles. The number of aromatic nitrogens is 1. The Balaban J connectivity index is 1.82. The fourth-order valence-electron chi connectivity index (χ4n) is 2.00. The highest BCUT2D eigenvalue weighted by Crippen LogP contribution is 2.18. The lowest BCUT2D eigenvalue weighted by Gasteiger charge is -2.17. The van der Waals surface area contributed by atoms with Crippen molar-refractivity contribution in [2.24, 2.45) is 0 Å². The first kappa shape index (κ1) is 13.8. The van der Waals surface area contributed by atoms with E-state index in [0.29, 0.717) is 12.2 Å². The van der Waals surface area contributed by atoms with Crippen molar-refractivity contribution in [3.05, 3.63) is 53.7 Å². The average Bonchev–Trinajstić information content (AvgIpc) is 2.91. The highest BCUT2D eigenvalue weighted by atomic mass is 16.4. The van der Waals surface area contributed by atoms with Crippen LogP contribution in [0.1, 0.15) is 36.5 Å². The normalized spacial score (nSPS) is 14.3. The van der Waals surface area contributed by atoms with Crippen molar-refractivity contribution in [3.8, 4) is 0 Å². The van der Waals surface area contributed by atoms with Crippen molar-refractivity contribution in [1.82, 2.24) is 10.3 Å². The molecule has 2 atom stereocenters. The SMILES string of the molecule is Cc1ncccc1CN[C@@H](C)C[C@@H](O)c1ccco1. The molecule has 0 spiro atoms. The zero-order valence-electron chi connectivity index (χ0n) is 11.3. The molecule has 0 bridgehead atoms. The smallest absolute Gasteiger partial charge is 0.132 e. The van der Waals surface area contributed by atoms with Crippen LogP contribution in [0.3, 0.4) is 0 Å². The van der Waals surface area contributed by atoms with Crippen LogP contribution in [0.4, 0.5) is 0 Å². The summed E-state index contributed by atoms with van der Waals surface area (Å²) in [5, 5.41) is 13.4. The Morgan fingerprint density at radius 1 is 1.37 bits per heavy atom. The summed E-state index contributed by atoms with van der Waals surface area (Å²) in [7, 11) is 0. The van der Waals surface area contributed by atoms with Gasteiger partial charge in [0.25, 0.3) is 0 Å². The fourth-order valence-corrected chi connectivity index (χ4v) is 2.00. The van der Waals surface area contributed by atoms with E-state index in [4.69, 9.17) is 4.42 Å². The van der Waals surface area contributed by atoms with Crippen molar-refractivity contribution in [1.29, 1.82) is 0 Å². The number of pyridine rings is 1. The third-order valence-corrected chi connectivity index (χ3v) is 3.21. The van der Waals surface area contributed by atoms with Gasteiger partial charge in [0.15, 0.2) is 0 Å². The number of nitrogens with one attached hydrogen (secondary N) is 1. The average molecular weight is 260 g/mol. The topological polar surface area (TPSA) is 58.3 Å². The lowest BCUT2D eigenvalue weighted by Crippen LogP contribution is -2.27. The van der Waals surface area contributed by atoms with E-state index < -0.39 is 6.10 Å². The van der Waals surface area contributed by atoms with Crippen molar-refractivity contribution in [3.63, 3.8) is 0 Å². The van der Waals surface area contributed by atoms with E-state index in [1.165, 1.54) is 5.56 Å². The molecule has 0 aliphatic carbocycles. The van der Waals surface area contributed by atoms with Gasteiger partial charge in [0.05, 0.1) is 6.26 Å². The van der Waals surface area contributed by atoms with E-state index in [9.17, 15) is 5.11 Å². The number of hydrogen-bond acceptors (Lipinski definition) is 4. The third kappa shape index (κ3) is 3.91. The van der Waals surface area contributed by atoms with E-state index in [-0.39, 0.29) is 6.04 Å². The maximum atomic E-state index is 9.99. The Kier molecular flexibility index (Phi) is 4.71. The van der Waals surface area contributed by atoms with Crippen LogP contribution in [0.2, 0.25) is 0 Å². The molecule has 2 heterocycles. The molecule has 2 N–H and O–H groups in total. The lowest BCUT2D eigenvalue weighted by molar-refractivity contribution is 0.128. The van der Waals surface area contributed by atoms with Gasteiger partial charge in [-0.2, -0.15) is 0 Å². The summed E-state index contributed by atoms with van der Waals surface area (Å²) < 4.78 is 5.19. The summed E-state index contributed by atoms with van der Waals surface area (Å²) in [6.07, 6.45) is 3.43. The molecule has 0 radical (unpaired) electrons. The Hall–Kier alpha value is -1.65. The maximum absolute atomic E-state index is 9.99. The number of furan rings is 1. The van der Waals surface area contributed by atoms with E-state index in [1.807, 2.05) is 13.0 Å². The highest BCUT2D eigenvalue weighted by molar-refractivity contribution is 5.17. The van der Waals surface area contributed by atoms with Crippen LogP contribution in [0.25, 0.3) is 0 Å². The van der Waals surface area contributed by atoms with E-state index in [2.05, 4.69) is 23.3 Å². The van der Waals surface area contributed by atoms with Gasteiger partial charge in [-0.15, -0.1) is 0 Å². The van der Waals surface area contributed by atoms with Gasteiger partial charge in [-0.25, -0.2) is 0 Å². The molecule has 2 aromatic heterocycles. The molecular weight excluding hydrogens is 240 g/mol. The number of hydrogen-bond donors (Lipinski definition) is 2.